The molecule has 108 valence electrons. The summed E-state index contributed by atoms with van der Waals surface area (Å²) in [6.07, 6.45) is 0. The minimum absolute atomic E-state index is 0.334. The number of anilines is 1. The predicted octanol–water partition coefficient (Wildman–Crippen LogP) is -0.288. The highest BCUT2D eigenvalue weighted by Crippen LogP contribution is 2.31. The van der Waals surface area contributed by atoms with Crippen molar-refractivity contribution < 1.29 is 21.6 Å². The summed E-state index contributed by atoms with van der Waals surface area (Å²) in [4.78, 5) is 13.2. The molecule has 20 heavy (non-hydrogen) atoms. The lowest BCUT2D eigenvalue weighted by molar-refractivity contribution is 0.247. The lowest BCUT2D eigenvalue weighted by Gasteiger charge is -2.36. The number of carbonyl (C=O) groups excluding carboxylic acids is 1. The maximum absolute atomic E-state index is 12.0. The smallest absolute Gasteiger partial charge is 0.288 e. The van der Waals surface area contributed by atoms with Crippen LogP contribution in [0.25, 0.3) is 0 Å². The second kappa shape index (κ2) is 4.19. The third kappa shape index (κ3) is 2.06. The van der Waals surface area contributed by atoms with Gasteiger partial charge in [-0.3, -0.25) is 4.90 Å². The van der Waals surface area contributed by atoms with E-state index < -0.39 is 42.9 Å². The van der Waals surface area contributed by atoms with E-state index >= 15 is 0 Å². The fraction of sp³-hybridized carbons (Fsp3) is 0.364. The van der Waals surface area contributed by atoms with Crippen molar-refractivity contribution in [1.82, 2.24) is 4.72 Å². The number of sulfonamides is 1. The van der Waals surface area contributed by atoms with E-state index in [1.54, 1.807) is 30.3 Å². The second-order valence-electron chi connectivity index (χ2n) is 4.84. The minimum Gasteiger partial charge on any atom is -0.288 e. The van der Waals surface area contributed by atoms with Crippen molar-refractivity contribution in [2.24, 2.45) is 0 Å². The van der Waals surface area contributed by atoms with E-state index in [-0.39, 0.29) is 5.75 Å². The van der Waals surface area contributed by atoms with Crippen LogP contribution in [0.3, 0.4) is 0 Å². The molecule has 1 aromatic carbocycles. The number of fused-ring (bicyclic) bond motifs is 1. The molecule has 7 nitrogen and oxygen atoms in total. The van der Waals surface area contributed by atoms with Crippen molar-refractivity contribution >= 4 is 31.6 Å². The highest BCUT2D eigenvalue weighted by molar-refractivity contribution is 7.96. The third-order valence-electron chi connectivity index (χ3n) is 3.49. The van der Waals surface area contributed by atoms with Gasteiger partial charge in [0, 0.05) is 5.69 Å². The van der Waals surface area contributed by atoms with Crippen LogP contribution < -0.4 is 9.62 Å². The highest BCUT2D eigenvalue weighted by Gasteiger charge is 2.53. The van der Waals surface area contributed by atoms with Crippen LogP contribution in [0, 0.1) is 0 Å². The van der Waals surface area contributed by atoms with E-state index in [0.29, 0.717) is 5.69 Å². The molecular formula is C11H12N2O5S2. The van der Waals surface area contributed by atoms with Gasteiger partial charge in [-0.25, -0.2) is 26.4 Å². The molecule has 0 bridgehead atoms. The van der Waals surface area contributed by atoms with E-state index in [1.165, 1.54) is 4.90 Å². The first-order valence-electron chi connectivity index (χ1n) is 5.90. The van der Waals surface area contributed by atoms with Crippen molar-refractivity contribution in [1.29, 1.82) is 0 Å². The van der Waals surface area contributed by atoms with Gasteiger partial charge in [-0.05, 0) is 12.1 Å². The summed E-state index contributed by atoms with van der Waals surface area (Å²) < 4.78 is 49.2. The summed E-state index contributed by atoms with van der Waals surface area (Å²) in [5, 5.41) is -1.12. The Morgan fingerprint density at radius 1 is 1.05 bits per heavy atom. The van der Waals surface area contributed by atoms with Gasteiger partial charge in [-0.15, -0.1) is 0 Å². The number of carbonyl (C=O) groups is 1. The summed E-state index contributed by atoms with van der Waals surface area (Å²) in [7, 11) is -7.42. The molecule has 0 spiro atoms. The van der Waals surface area contributed by atoms with Gasteiger partial charge in [-0.1, -0.05) is 18.2 Å². The number of nitrogens with zero attached hydrogens (tertiary/aromatic N) is 1. The standard InChI is InChI=1S/C11H12N2O5S2/c14-11-12-20(17,18)10-7-19(15,16)6-9(10)13(11)8-4-2-1-3-5-8/h1-5,9-10H,6-7H2,(H,12,14)/t9-,10-/m1/s1. The Morgan fingerprint density at radius 3 is 2.35 bits per heavy atom. The Balaban J connectivity index is 2.10. The predicted molar refractivity (Wildman–Crippen MR) is 72.6 cm³/mol. The molecule has 2 heterocycles. The molecule has 2 amide bonds. The number of hydrogen-bond donors (Lipinski definition) is 1. The van der Waals surface area contributed by atoms with Crippen molar-refractivity contribution in [3.8, 4) is 0 Å². The van der Waals surface area contributed by atoms with Crippen LogP contribution in [-0.4, -0.2) is 45.7 Å². The van der Waals surface area contributed by atoms with Crippen LogP contribution in [0.4, 0.5) is 10.5 Å². The largest absolute Gasteiger partial charge is 0.335 e. The van der Waals surface area contributed by atoms with Crippen LogP contribution in [-0.2, 0) is 19.9 Å². The maximum atomic E-state index is 12.0. The zero-order chi connectivity index (χ0) is 14.5. The molecule has 2 atom stereocenters. The first-order valence-corrected chi connectivity index (χ1v) is 9.27. The zero-order valence-electron chi connectivity index (χ0n) is 10.3. The SMILES string of the molecule is O=C1NS(=O)(=O)[C@@H]2CS(=O)(=O)C[C@H]2N1c1ccccc1. The Hall–Kier alpha value is -1.61. The minimum atomic E-state index is -3.94. The van der Waals surface area contributed by atoms with Crippen LogP contribution >= 0.6 is 0 Å². The molecule has 2 fully saturated rings. The molecule has 1 N–H and O–H groups in total. The normalized spacial score (nSPS) is 30.6. The summed E-state index contributed by atoms with van der Waals surface area (Å²) in [5.41, 5.74) is 0.479. The van der Waals surface area contributed by atoms with E-state index in [4.69, 9.17) is 0 Å². The Morgan fingerprint density at radius 2 is 1.70 bits per heavy atom. The first kappa shape index (κ1) is 13.4. The molecule has 0 aliphatic carbocycles. The van der Waals surface area contributed by atoms with E-state index in [9.17, 15) is 21.6 Å². The number of amides is 2. The van der Waals surface area contributed by atoms with Gasteiger partial charge in [0.15, 0.2) is 9.84 Å². The number of hydrogen-bond acceptors (Lipinski definition) is 5. The summed E-state index contributed by atoms with van der Waals surface area (Å²) in [6.45, 7) is 0. The maximum Gasteiger partial charge on any atom is 0.335 e. The van der Waals surface area contributed by atoms with Crippen molar-refractivity contribution in [3.05, 3.63) is 30.3 Å². The summed E-state index contributed by atoms with van der Waals surface area (Å²) >= 11 is 0. The average Bonchev–Trinajstić information content (AvgIpc) is 2.66. The van der Waals surface area contributed by atoms with Gasteiger partial charge in [0.05, 0.1) is 17.5 Å². The fourth-order valence-corrected chi connectivity index (χ4v) is 6.97. The van der Waals surface area contributed by atoms with Gasteiger partial charge < -0.3 is 0 Å². The van der Waals surface area contributed by atoms with Crippen LogP contribution in [0.2, 0.25) is 0 Å². The molecule has 2 saturated heterocycles. The number of sulfone groups is 1. The van der Waals surface area contributed by atoms with Gasteiger partial charge in [0.25, 0.3) is 0 Å². The summed E-state index contributed by atoms with van der Waals surface area (Å²) in [5.74, 6) is -0.789. The lowest BCUT2D eigenvalue weighted by atomic mass is 10.2. The number of para-hydroxylation sites is 1. The lowest BCUT2D eigenvalue weighted by Crippen LogP contribution is -2.62. The first-order chi connectivity index (χ1) is 9.30. The number of nitrogens with one attached hydrogen (secondary N) is 1. The van der Waals surface area contributed by atoms with Gasteiger partial charge in [0.1, 0.15) is 5.25 Å². The van der Waals surface area contributed by atoms with Crippen LogP contribution in [0.1, 0.15) is 0 Å². The van der Waals surface area contributed by atoms with Gasteiger partial charge in [0.2, 0.25) is 10.0 Å². The molecule has 0 unspecified atom stereocenters. The Labute approximate surface area is 116 Å². The van der Waals surface area contributed by atoms with Crippen molar-refractivity contribution in [2.75, 3.05) is 16.4 Å². The molecule has 0 aromatic heterocycles. The van der Waals surface area contributed by atoms with Crippen LogP contribution in [0.5, 0.6) is 0 Å². The highest BCUT2D eigenvalue weighted by atomic mass is 32.2. The molecule has 9 heteroatoms. The Bertz CT molecular complexity index is 757. The molecule has 2 aliphatic rings. The van der Waals surface area contributed by atoms with Crippen LogP contribution in [0.15, 0.2) is 30.3 Å². The number of benzene rings is 1. The number of rotatable bonds is 1. The zero-order valence-corrected chi connectivity index (χ0v) is 11.9. The molecule has 0 radical (unpaired) electrons. The summed E-state index contributed by atoms with van der Waals surface area (Å²) in [6, 6.07) is 6.74. The topological polar surface area (TPSA) is 101 Å². The molecule has 1 aromatic rings. The van der Waals surface area contributed by atoms with E-state index in [2.05, 4.69) is 0 Å². The fourth-order valence-electron chi connectivity index (χ4n) is 2.63. The second-order valence-corrected chi connectivity index (χ2v) is 8.89. The van der Waals surface area contributed by atoms with E-state index in [1.807, 2.05) is 4.72 Å². The van der Waals surface area contributed by atoms with E-state index in [0.717, 1.165) is 0 Å². The quantitative estimate of drug-likeness (QED) is 0.767. The van der Waals surface area contributed by atoms with Gasteiger partial charge in [-0.2, -0.15) is 0 Å². The molecular weight excluding hydrogens is 304 g/mol. The average molecular weight is 316 g/mol. The number of urea groups is 1. The molecule has 2 aliphatic heterocycles. The molecule has 3 rings (SSSR count). The monoisotopic (exact) mass is 316 g/mol. The van der Waals surface area contributed by atoms with Gasteiger partial charge >= 0.3 is 6.03 Å². The molecule has 0 saturated carbocycles. The Kier molecular flexibility index (Phi) is 2.80. The van der Waals surface area contributed by atoms with Crippen molar-refractivity contribution in [2.45, 2.75) is 11.3 Å². The third-order valence-corrected chi connectivity index (χ3v) is 7.15. The van der Waals surface area contributed by atoms with Crippen molar-refractivity contribution in [3.63, 3.8) is 0 Å².